The Hall–Kier alpha value is -3.77. The van der Waals surface area contributed by atoms with E-state index in [-0.39, 0.29) is 11.3 Å². The molecule has 35 heavy (non-hydrogen) atoms. The second-order valence-corrected chi connectivity index (χ2v) is 8.36. The fourth-order valence-electron chi connectivity index (χ4n) is 3.05. The number of benzene rings is 3. The van der Waals surface area contributed by atoms with Crippen LogP contribution in [0.1, 0.15) is 22.3 Å². The van der Waals surface area contributed by atoms with E-state index in [2.05, 4.69) is 21.2 Å². The molecule has 1 amide bonds. The Morgan fingerprint density at radius 1 is 1.11 bits per heavy atom. The van der Waals surface area contributed by atoms with Crippen LogP contribution in [0.5, 0.6) is 11.5 Å². The lowest BCUT2D eigenvalue weighted by molar-refractivity contribution is -0.137. The molecule has 0 unspecified atom stereocenters. The minimum Gasteiger partial charge on any atom is -0.493 e. The summed E-state index contributed by atoms with van der Waals surface area (Å²) in [6.07, 6.45) is -3.25. The molecular weight excluding hydrogens is 525 g/mol. The lowest BCUT2D eigenvalue weighted by Gasteiger charge is -2.13. The van der Waals surface area contributed by atoms with E-state index in [1.807, 2.05) is 31.2 Å². The standard InChI is InChI=1S/C26H20BrF3N2O3/c1-16-6-8-17(9-7-16)15-35-24-13-22(27)18(11-23(24)34-2)10-19(14-31)25(33)32-21-5-3-4-20(12-21)26(28,29)30/h3-13H,15H2,1-2H3,(H,32,33)/b19-10-. The van der Waals surface area contributed by atoms with Gasteiger partial charge in [-0.3, -0.25) is 4.79 Å². The number of anilines is 1. The molecule has 180 valence electrons. The maximum Gasteiger partial charge on any atom is 0.416 e. The number of nitrogens with one attached hydrogen (secondary N) is 1. The molecule has 1 N–H and O–H groups in total. The zero-order valence-electron chi connectivity index (χ0n) is 18.7. The average molecular weight is 545 g/mol. The van der Waals surface area contributed by atoms with Crippen LogP contribution in [-0.2, 0) is 17.6 Å². The second kappa shape index (κ2) is 11.1. The third kappa shape index (κ3) is 6.87. The quantitative estimate of drug-likeness (QED) is 0.259. The third-order valence-electron chi connectivity index (χ3n) is 4.91. The topological polar surface area (TPSA) is 71.3 Å². The number of nitrogens with zero attached hydrogens (tertiary/aromatic N) is 1. The van der Waals surface area contributed by atoms with Crippen molar-refractivity contribution in [3.8, 4) is 17.6 Å². The summed E-state index contributed by atoms with van der Waals surface area (Å²) < 4.78 is 50.6. The number of alkyl halides is 3. The summed E-state index contributed by atoms with van der Waals surface area (Å²) in [5.74, 6) is -0.0245. The smallest absolute Gasteiger partial charge is 0.416 e. The molecule has 0 fully saturated rings. The van der Waals surface area contributed by atoms with Gasteiger partial charge in [0.05, 0.1) is 12.7 Å². The first kappa shape index (κ1) is 25.8. The van der Waals surface area contributed by atoms with Crippen LogP contribution < -0.4 is 14.8 Å². The molecule has 0 aromatic heterocycles. The highest BCUT2D eigenvalue weighted by atomic mass is 79.9. The molecule has 0 aliphatic rings. The predicted octanol–water partition coefficient (Wildman–Crippen LogP) is 6.91. The van der Waals surface area contributed by atoms with E-state index in [1.165, 1.54) is 25.3 Å². The first-order chi connectivity index (χ1) is 16.6. The van der Waals surface area contributed by atoms with Crippen LogP contribution >= 0.6 is 15.9 Å². The van der Waals surface area contributed by atoms with Crippen LogP contribution in [0.2, 0.25) is 0 Å². The molecule has 0 saturated carbocycles. The summed E-state index contributed by atoms with van der Waals surface area (Å²) in [5, 5.41) is 11.8. The van der Waals surface area contributed by atoms with Gasteiger partial charge < -0.3 is 14.8 Å². The highest BCUT2D eigenvalue weighted by Crippen LogP contribution is 2.35. The number of hydrogen-bond donors (Lipinski definition) is 1. The molecule has 0 atom stereocenters. The Bertz CT molecular complexity index is 1300. The van der Waals surface area contributed by atoms with Gasteiger partial charge in [0.15, 0.2) is 11.5 Å². The lowest BCUT2D eigenvalue weighted by atomic mass is 10.1. The highest BCUT2D eigenvalue weighted by Gasteiger charge is 2.30. The number of methoxy groups -OCH3 is 1. The van der Waals surface area contributed by atoms with E-state index in [4.69, 9.17) is 9.47 Å². The second-order valence-electron chi connectivity index (χ2n) is 7.50. The molecule has 0 aliphatic heterocycles. The monoisotopic (exact) mass is 544 g/mol. The van der Waals surface area contributed by atoms with Crippen LogP contribution in [0.25, 0.3) is 6.08 Å². The molecule has 0 heterocycles. The van der Waals surface area contributed by atoms with Gasteiger partial charge in [0.25, 0.3) is 5.91 Å². The van der Waals surface area contributed by atoms with Gasteiger partial charge in [-0.1, -0.05) is 51.8 Å². The maximum absolute atomic E-state index is 12.9. The van der Waals surface area contributed by atoms with Gasteiger partial charge in [-0.05, 0) is 54.5 Å². The van der Waals surface area contributed by atoms with Crippen molar-refractivity contribution < 1.29 is 27.4 Å². The molecule has 3 rings (SSSR count). The third-order valence-corrected chi connectivity index (χ3v) is 5.60. The van der Waals surface area contributed by atoms with Gasteiger partial charge in [0, 0.05) is 10.2 Å². The van der Waals surface area contributed by atoms with Crippen molar-refractivity contribution in [2.75, 3.05) is 12.4 Å². The Kier molecular flexibility index (Phi) is 8.20. The Morgan fingerprint density at radius 2 is 1.83 bits per heavy atom. The van der Waals surface area contributed by atoms with Crippen LogP contribution in [-0.4, -0.2) is 13.0 Å². The number of halogens is 4. The van der Waals surface area contributed by atoms with Gasteiger partial charge in [0.1, 0.15) is 18.2 Å². The molecule has 3 aromatic carbocycles. The van der Waals surface area contributed by atoms with Crippen molar-refractivity contribution in [1.82, 2.24) is 0 Å². The Morgan fingerprint density at radius 3 is 2.46 bits per heavy atom. The number of nitriles is 1. The van der Waals surface area contributed by atoms with E-state index in [0.29, 0.717) is 28.1 Å². The van der Waals surface area contributed by atoms with E-state index in [0.717, 1.165) is 23.3 Å². The molecule has 0 spiro atoms. The SMILES string of the molecule is COc1cc(/C=C(/C#N)C(=O)Nc2cccc(C(F)(F)F)c2)c(Br)cc1OCc1ccc(C)cc1. The van der Waals surface area contributed by atoms with Crippen molar-refractivity contribution in [3.05, 3.63) is 93.0 Å². The summed E-state index contributed by atoms with van der Waals surface area (Å²) in [7, 11) is 1.46. The summed E-state index contributed by atoms with van der Waals surface area (Å²) in [5.41, 5.74) is 1.25. The fourth-order valence-corrected chi connectivity index (χ4v) is 3.49. The van der Waals surface area contributed by atoms with E-state index in [9.17, 15) is 23.2 Å². The van der Waals surface area contributed by atoms with E-state index < -0.39 is 17.6 Å². The normalized spacial score (nSPS) is 11.5. The van der Waals surface area contributed by atoms with Gasteiger partial charge in [-0.25, -0.2) is 0 Å². The number of hydrogen-bond acceptors (Lipinski definition) is 4. The molecule has 0 saturated heterocycles. The lowest BCUT2D eigenvalue weighted by Crippen LogP contribution is -2.14. The highest BCUT2D eigenvalue weighted by molar-refractivity contribution is 9.10. The number of amides is 1. The van der Waals surface area contributed by atoms with Crippen molar-refractivity contribution in [1.29, 1.82) is 5.26 Å². The van der Waals surface area contributed by atoms with E-state index in [1.54, 1.807) is 18.2 Å². The minimum atomic E-state index is -4.56. The zero-order chi connectivity index (χ0) is 25.6. The number of ether oxygens (including phenoxy) is 2. The molecule has 9 heteroatoms. The molecule has 0 radical (unpaired) electrons. The van der Waals surface area contributed by atoms with Crippen molar-refractivity contribution in [2.24, 2.45) is 0 Å². The Labute approximate surface area is 208 Å². The summed E-state index contributed by atoms with van der Waals surface area (Å²) in [6, 6.07) is 17.1. The minimum absolute atomic E-state index is 0.0810. The number of aryl methyl sites for hydroxylation is 1. The van der Waals surface area contributed by atoms with E-state index >= 15 is 0 Å². The number of carbonyl (C=O) groups excluding carboxylic acids is 1. The molecule has 0 aliphatic carbocycles. The number of rotatable bonds is 7. The van der Waals surface area contributed by atoms with Crippen LogP contribution in [0.4, 0.5) is 18.9 Å². The average Bonchev–Trinajstić information content (AvgIpc) is 2.82. The predicted molar refractivity (Wildman–Crippen MR) is 130 cm³/mol. The molecule has 0 bridgehead atoms. The van der Waals surface area contributed by atoms with Gasteiger partial charge in [0.2, 0.25) is 0 Å². The van der Waals surface area contributed by atoms with Crippen LogP contribution in [0.3, 0.4) is 0 Å². The first-order valence-corrected chi connectivity index (χ1v) is 11.1. The number of carbonyl (C=O) groups is 1. The summed E-state index contributed by atoms with van der Waals surface area (Å²) in [4.78, 5) is 12.6. The maximum atomic E-state index is 12.9. The molecule has 3 aromatic rings. The van der Waals surface area contributed by atoms with Gasteiger partial charge in [-0.2, -0.15) is 18.4 Å². The van der Waals surface area contributed by atoms with Crippen LogP contribution in [0, 0.1) is 18.3 Å². The summed E-state index contributed by atoms with van der Waals surface area (Å²) >= 11 is 3.41. The van der Waals surface area contributed by atoms with Gasteiger partial charge in [-0.15, -0.1) is 0 Å². The molecule has 5 nitrogen and oxygen atoms in total. The van der Waals surface area contributed by atoms with Crippen molar-refractivity contribution in [3.63, 3.8) is 0 Å². The van der Waals surface area contributed by atoms with Crippen molar-refractivity contribution >= 4 is 33.6 Å². The zero-order valence-corrected chi connectivity index (χ0v) is 20.3. The largest absolute Gasteiger partial charge is 0.493 e. The van der Waals surface area contributed by atoms with Crippen molar-refractivity contribution in [2.45, 2.75) is 19.7 Å². The van der Waals surface area contributed by atoms with Gasteiger partial charge >= 0.3 is 6.18 Å². The first-order valence-electron chi connectivity index (χ1n) is 10.3. The van der Waals surface area contributed by atoms with Crippen LogP contribution in [0.15, 0.2) is 70.7 Å². The Balaban J connectivity index is 1.81. The fraction of sp³-hybridized carbons (Fsp3) is 0.154. The molecular formula is C26H20BrF3N2O3. The summed E-state index contributed by atoms with van der Waals surface area (Å²) in [6.45, 7) is 2.30.